The number of fused-ring (bicyclic) bond motifs is 3. The van der Waals surface area contributed by atoms with Crippen LogP contribution in [0.2, 0.25) is 0 Å². The van der Waals surface area contributed by atoms with Crippen LogP contribution in [0.5, 0.6) is 0 Å². The van der Waals surface area contributed by atoms with Crippen molar-refractivity contribution in [3.8, 4) is 0 Å². The molecule has 186 valence electrons. The van der Waals surface area contributed by atoms with E-state index in [0.717, 1.165) is 29.9 Å². The van der Waals surface area contributed by atoms with Crippen LogP contribution in [-0.4, -0.2) is 46.6 Å². The Morgan fingerprint density at radius 3 is 2.61 bits per heavy atom. The van der Waals surface area contributed by atoms with Crippen molar-refractivity contribution in [1.82, 2.24) is 14.5 Å². The van der Waals surface area contributed by atoms with E-state index in [1.54, 1.807) is 12.3 Å². The predicted molar refractivity (Wildman–Crippen MR) is 125 cm³/mol. The zero-order valence-electron chi connectivity index (χ0n) is 19.6. The molecule has 3 aliphatic rings. The minimum absolute atomic E-state index is 0.0302. The van der Waals surface area contributed by atoms with E-state index in [2.05, 4.69) is 10.3 Å². The monoisotopic (exact) mass is 494 g/mol. The Labute approximate surface area is 205 Å². The largest absolute Gasteiger partial charge is 0.381 e. The van der Waals surface area contributed by atoms with Gasteiger partial charge in [0.2, 0.25) is 0 Å². The molecule has 8 nitrogen and oxygen atoms in total. The van der Waals surface area contributed by atoms with Gasteiger partial charge < -0.3 is 24.3 Å². The predicted octanol–water partition coefficient (Wildman–Crippen LogP) is 3.58. The molecule has 3 aromatic rings. The molecule has 2 aromatic carbocycles. The van der Waals surface area contributed by atoms with Crippen molar-refractivity contribution in [1.29, 1.82) is 0 Å². The number of nitrogens with one attached hydrogen (secondary N) is 1. The Bertz CT molecular complexity index is 1370. The maximum atomic E-state index is 14.3. The van der Waals surface area contributed by atoms with E-state index in [1.807, 2.05) is 10.6 Å². The first-order valence-electron chi connectivity index (χ1n) is 11.8. The highest BCUT2D eigenvalue weighted by Crippen LogP contribution is 2.34. The molecule has 0 saturated carbocycles. The first-order valence-corrected chi connectivity index (χ1v) is 11.8. The van der Waals surface area contributed by atoms with Gasteiger partial charge in [-0.2, -0.15) is 0 Å². The van der Waals surface area contributed by atoms with Gasteiger partial charge in [-0.05, 0) is 41.8 Å². The molecule has 0 spiro atoms. The van der Waals surface area contributed by atoms with Gasteiger partial charge in [-0.3, -0.25) is 9.59 Å². The number of hydrogen-bond donors (Lipinski definition) is 1. The number of benzene rings is 2. The van der Waals surface area contributed by atoms with Crippen LogP contribution in [-0.2, 0) is 35.7 Å². The quantitative estimate of drug-likeness (QED) is 0.599. The van der Waals surface area contributed by atoms with Crippen molar-refractivity contribution < 1.29 is 27.8 Å². The number of ether oxygens (including phenoxy) is 2. The molecular weight excluding hydrogens is 470 g/mol. The number of nitrogens with zero attached hydrogens (tertiary/aromatic N) is 3. The molecule has 1 unspecified atom stereocenters. The SMILES string of the molecule is COCc1cc2c(cc1C(=O)N1Cc3c(F)ccc(F)c3C1)NC(=O)c1cnc(C3CCOC3)n1C2. The van der Waals surface area contributed by atoms with Gasteiger partial charge in [-0.25, -0.2) is 13.8 Å². The lowest BCUT2D eigenvalue weighted by molar-refractivity contribution is 0.0745. The minimum atomic E-state index is -0.535. The number of hydrogen-bond acceptors (Lipinski definition) is 5. The summed E-state index contributed by atoms with van der Waals surface area (Å²) >= 11 is 0. The summed E-state index contributed by atoms with van der Waals surface area (Å²) in [6, 6.07) is 5.64. The Hall–Kier alpha value is -3.63. The first kappa shape index (κ1) is 22.8. The molecule has 4 heterocycles. The van der Waals surface area contributed by atoms with Gasteiger partial charge in [-0.1, -0.05) is 0 Å². The molecule has 1 saturated heterocycles. The van der Waals surface area contributed by atoms with E-state index in [1.165, 1.54) is 12.0 Å². The standard InChI is InChI=1S/C26H24F2N4O4/c1-35-12-16-6-15-9-32-23(8-29-24(32)14-4-5-36-13-14)25(33)30-22(15)7-17(16)26(34)31-10-18-19(11-31)21(28)3-2-20(18)27/h2-3,6-8,14H,4-5,9-13H2,1H3,(H,30,33). The number of halogens is 2. The van der Waals surface area contributed by atoms with Gasteiger partial charge in [0.05, 0.1) is 26.0 Å². The van der Waals surface area contributed by atoms with E-state index in [0.29, 0.717) is 42.3 Å². The highest BCUT2D eigenvalue weighted by atomic mass is 19.1. The maximum Gasteiger partial charge on any atom is 0.273 e. The van der Waals surface area contributed by atoms with E-state index in [-0.39, 0.29) is 48.6 Å². The molecule has 2 amide bonds. The number of rotatable bonds is 4. The third-order valence-electron chi connectivity index (χ3n) is 7.15. The number of methoxy groups -OCH3 is 1. The van der Waals surface area contributed by atoms with Crippen LogP contribution in [0.3, 0.4) is 0 Å². The summed E-state index contributed by atoms with van der Waals surface area (Å²) in [7, 11) is 1.53. The van der Waals surface area contributed by atoms with Crippen molar-refractivity contribution in [2.75, 3.05) is 25.6 Å². The molecule has 3 aliphatic heterocycles. The van der Waals surface area contributed by atoms with Crippen LogP contribution in [0.25, 0.3) is 0 Å². The summed E-state index contributed by atoms with van der Waals surface area (Å²) in [4.78, 5) is 32.5. The summed E-state index contributed by atoms with van der Waals surface area (Å²) in [6.07, 6.45) is 2.41. The smallest absolute Gasteiger partial charge is 0.273 e. The molecule has 1 N–H and O–H groups in total. The van der Waals surface area contributed by atoms with Gasteiger partial charge in [0.25, 0.3) is 11.8 Å². The average molecular weight is 494 g/mol. The van der Waals surface area contributed by atoms with Crippen LogP contribution in [0, 0.1) is 11.6 Å². The molecule has 36 heavy (non-hydrogen) atoms. The summed E-state index contributed by atoms with van der Waals surface area (Å²) in [5, 5.41) is 2.91. The lowest BCUT2D eigenvalue weighted by atomic mass is 10.0. The summed E-state index contributed by atoms with van der Waals surface area (Å²) in [5.41, 5.74) is 3.08. The van der Waals surface area contributed by atoms with Crippen molar-refractivity contribution in [3.05, 3.63) is 81.4 Å². The Kier molecular flexibility index (Phi) is 5.57. The van der Waals surface area contributed by atoms with Crippen molar-refractivity contribution in [2.45, 2.75) is 38.6 Å². The van der Waals surface area contributed by atoms with Gasteiger partial charge in [-0.15, -0.1) is 0 Å². The summed E-state index contributed by atoms with van der Waals surface area (Å²) in [6.45, 7) is 1.72. The second-order valence-corrected chi connectivity index (χ2v) is 9.35. The lowest BCUT2D eigenvalue weighted by Crippen LogP contribution is -2.27. The van der Waals surface area contributed by atoms with Crippen LogP contribution in [0.4, 0.5) is 14.5 Å². The highest BCUT2D eigenvalue weighted by molar-refractivity contribution is 6.05. The molecule has 1 atom stereocenters. The van der Waals surface area contributed by atoms with Gasteiger partial charge in [0.15, 0.2) is 0 Å². The van der Waals surface area contributed by atoms with Crippen molar-refractivity contribution in [2.24, 2.45) is 0 Å². The average Bonchev–Trinajstić information content (AvgIpc) is 3.61. The summed E-state index contributed by atoms with van der Waals surface area (Å²) in [5.74, 6) is -0.854. The fraction of sp³-hybridized carbons (Fsp3) is 0.346. The summed E-state index contributed by atoms with van der Waals surface area (Å²) < 4.78 is 41.4. The first-order chi connectivity index (χ1) is 17.4. The molecule has 0 radical (unpaired) electrons. The topological polar surface area (TPSA) is 85.7 Å². The van der Waals surface area contributed by atoms with E-state index in [9.17, 15) is 18.4 Å². The van der Waals surface area contributed by atoms with Crippen LogP contribution >= 0.6 is 0 Å². The second kappa shape index (κ2) is 8.79. The van der Waals surface area contributed by atoms with E-state index >= 15 is 0 Å². The molecule has 10 heteroatoms. The fourth-order valence-corrected chi connectivity index (χ4v) is 5.30. The number of anilines is 1. The fourth-order valence-electron chi connectivity index (χ4n) is 5.30. The maximum absolute atomic E-state index is 14.3. The van der Waals surface area contributed by atoms with E-state index < -0.39 is 11.6 Å². The van der Waals surface area contributed by atoms with Gasteiger partial charge in [0, 0.05) is 55.1 Å². The number of aromatic nitrogens is 2. The Balaban J connectivity index is 1.36. The van der Waals surface area contributed by atoms with Gasteiger partial charge in [0.1, 0.15) is 23.2 Å². The molecule has 1 fully saturated rings. The zero-order chi connectivity index (χ0) is 25.0. The molecule has 0 aliphatic carbocycles. The highest BCUT2D eigenvalue weighted by Gasteiger charge is 2.32. The molecular formula is C26H24F2N4O4. The molecule has 0 bridgehead atoms. The Morgan fingerprint density at radius 2 is 1.94 bits per heavy atom. The molecule has 1 aromatic heterocycles. The Morgan fingerprint density at radius 1 is 1.19 bits per heavy atom. The van der Waals surface area contributed by atoms with E-state index in [4.69, 9.17) is 9.47 Å². The number of imidazole rings is 1. The third-order valence-corrected chi connectivity index (χ3v) is 7.15. The molecule has 6 rings (SSSR count). The van der Waals surface area contributed by atoms with Crippen LogP contribution in [0.15, 0.2) is 30.5 Å². The van der Waals surface area contributed by atoms with Gasteiger partial charge >= 0.3 is 0 Å². The lowest BCUT2D eigenvalue weighted by Gasteiger charge is -2.20. The van der Waals surface area contributed by atoms with Crippen LogP contribution in [0.1, 0.15) is 61.3 Å². The third kappa shape index (κ3) is 3.68. The zero-order valence-corrected chi connectivity index (χ0v) is 19.6. The minimum Gasteiger partial charge on any atom is -0.381 e. The van der Waals surface area contributed by atoms with Crippen LogP contribution < -0.4 is 5.32 Å². The number of carbonyl (C=O) groups excluding carboxylic acids is 2. The normalized spacial score (nSPS) is 18.5. The number of amides is 2. The number of carbonyl (C=O) groups is 2. The van der Waals surface area contributed by atoms with Crippen molar-refractivity contribution >= 4 is 17.5 Å². The second-order valence-electron chi connectivity index (χ2n) is 9.35. The van der Waals surface area contributed by atoms with Crippen molar-refractivity contribution in [3.63, 3.8) is 0 Å².